The number of hydrogen-bond donors (Lipinski definition) is 1. The molecular weight excluding hydrogens is 384 g/mol. The van der Waals surface area contributed by atoms with Crippen molar-refractivity contribution in [2.24, 2.45) is 0 Å². The molecule has 0 spiro atoms. The Labute approximate surface area is 172 Å². The summed E-state index contributed by atoms with van der Waals surface area (Å²) in [5.41, 5.74) is 2.21. The van der Waals surface area contributed by atoms with Gasteiger partial charge in [0.15, 0.2) is 0 Å². The highest BCUT2D eigenvalue weighted by molar-refractivity contribution is 6.13. The fourth-order valence-corrected chi connectivity index (χ4v) is 3.10. The van der Waals surface area contributed by atoms with Crippen molar-refractivity contribution in [1.82, 2.24) is 10.2 Å². The molecule has 150 valence electrons. The van der Waals surface area contributed by atoms with Crippen LogP contribution in [0.3, 0.4) is 0 Å². The van der Waals surface area contributed by atoms with E-state index in [9.17, 15) is 14.4 Å². The molecule has 1 N–H and O–H groups in total. The summed E-state index contributed by atoms with van der Waals surface area (Å²) in [5.74, 6) is 0.162. The predicted octanol–water partition coefficient (Wildman–Crippen LogP) is 3.83. The van der Waals surface area contributed by atoms with Crippen molar-refractivity contribution in [3.05, 3.63) is 89.3 Å². The first kappa shape index (κ1) is 19.2. The zero-order chi connectivity index (χ0) is 21.1. The molecule has 0 saturated carbocycles. The number of methoxy groups -OCH3 is 1. The third-order valence-electron chi connectivity index (χ3n) is 4.65. The summed E-state index contributed by atoms with van der Waals surface area (Å²) in [5, 5.41) is 2.59. The van der Waals surface area contributed by atoms with Gasteiger partial charge in [0.2, 0.25) is 0 Å². The minimum absolute atomic E-state index is 0.151. The zero-order valence-corrected chi connectivity index (χ0v) is 16.1. The van der Waals surface area contributed by atoms with Gasteiger partial charge >= 0.3 is 12.0 Å². The van der Waals surface area contributed by atoms with E-state index in [2.05, 4.69) is 10.1 Å². The molecule has 3 amide bonds. The van der Waals surface area contributed by atoms with Gasteiger partial charge < -0.3 is 14.5 Å². The van der Waals surface area contributed by atoms with Crippen LogP contribution in [0.2, 0.25) is 0 Å². The molecule has 1 aromatic heterocycles. The quantitative estimate of drug-likeness (QED) is 0.398. The van der Waals surface area contributed by atoms with E-state index >= 15 is 0 Å². The molecule has 0 radical (unpaired) electrons. The van der Waals surface area contributed by atoms with Crippen molar-refractivity contribution >= 4 is 24.0 Å². The molecule has 3 aromatic rings. The number of nitrogens with zero attached hydrogens (tertiary/aromatic N) is 1. The van der Waals surface area contributed by atoms with Crippen LogP contribution >= 0.6 is 0 Å². The van der Waals surface area contributed by atoms with Crippen LogP contribution in [0.1, 0.15) is 21.7 Å². The number of benzene rings is 2. The fourth-order valence-electron chi connectivity index (χ4n) is 3.10. The van der Waals surface area contributed by atoms with Gasteiger partial charge in [-0.1, -0.05) is 42.5 Å². The zero-order valence-electron chi connectivity index (χ0n) is 16.1. The summed E-state index contributed by atoms with van der Waals surface area (Å²) in [4.78, 5) is 37.5. The minimum atomic E-state index is -0.472. The van der Waals surface area contributed by atoms with Crippen LogP contribution in [0, 0.1) is 0 Å². The number of rotatable bonds is 5. The first-order valence-electron chi connectivity index (χ1n) is 9.22. The van der Waals surface area contributed by atoms with Gasteiger partial charge in [-0.25, -0.2) is 9.59 Å². The van der Waals surface area contributed by atoms with Crippen molar-refractivity contribution in [3.8, 4) is 11.3 Å². The molecule has 7 heteroatoms. The average molecular weight is 402 g/mol. The van der Waals surface area contributed by atoms with Crippen molar-refractivity contribution in [3.63, 3.8) is 0 Å². The Hall–Kier alpha value is -4.13. The van der Waals surface area contributed by atoms with Crippen LogP contribution in [-0.4, -0.2) is 29.9 Å². The van der Waals surface area contributed by atoms with E-state index in [4.69, 9.17) is 4.42 Å². The van der Waals surface area contributed by atoms with Crippen LogP contribution in [0.15, 0.2) is 76.8 Å². The third-order valence-corrected chi connectivity index (χ3v) is 4.65. The van der Waals surface area contributed by atoms with Gasteiger partial charge in [0.25, 0.3) is 5.91 Å². The molecule has 7 nitrogen and oxygen atoms in total. The topological polar surface area (TPSA) is 88.9 Å². The van der Waals surface area contributed by atoms with E-state index in [1.54, 1.807) is 36.4 Å². The number of esters is 1. The number of ether oxygens (including phenoxy) is 1. The van der Waals surface area contributed by atoms with Crippen LogP contribution < -0.4 is 5.32 Å². The summed E-state index contributed by atoms with van der Waals surface area (Å²) in [6, 6.07) is 19.0. The number of furan rings is 1. The second-order valence-electron chi connectivity index (χ2n) is 6.64. The lowest BCUT2D eigenvalue weighted by Crippen LogP contribution is -2.30. The average Bonchev–Trinajstić information content (AvgIpc) is 3.34. The number of amides is 3. The van der Waals surface area contributed by atoms with Gasteiger partial charge in [0.05, 0.1) is 19.2 Å². The molecule has 1 fully saturated rings. The summed E-state index contributed by atoms with van der Waals surface area (Å²) in [6.07, 6.45) is 1.50. The van der Waals surface area contributed by atoms with Crippen LogP contribution in [0.5, 0.6) is 0 Å². The van der Waals surface area contributed by atoms with Gasteiger partial charge in [0, 0.05) is 11.6 Å². The molecule has 2 aromatic carbocycles. The Morgan fingerprint density at radius 2 is 1.77 bits per heavy atom. The Bertz CT molecular complexity index is 1130. The smallest absolute Gasteiger partial charge is 0.337 e. The molecule has 0 atom stereocenters. The van der Waals surface area contributed by atoms with E-state index in [1.807, 2.05) is 30.3 Å². The fraction of sp³-hybridized carbons (Fsp3) is 0.0870. The second-order valence-corrected chi connectivity index (χ2v) is 6.64. The molecule has 1 aliphatic rings. The Kier molecular flexibility index (Phi) is 5.17. The lowest BCUT2D eigenvalue weighted by molar-refractivity contribution is -0.123. The van der Waals surface area contributed by atoms with Gasteiger partial charge in [-0.15, -0.1) is 0 Å². The maximum atomic E-state index is 12.6. The maximum absolute atomic E-state index is 12.6. The Morgan fingerprint density at radius 1 is 1.03 bits per heavy atom. The molecule has 0 aliphatic carbocycles. The Morgan fingerprint density at radius 3 is 2.47 bits per heavy atom. The van der Waals surface area contributed by atoms with Gasteiger partial charge in [-0.2, -0.15) is 0 Å². The van der Waals surface area contributed by atoms with Crippen LogP contribution in [0.25, 0.3) is 17.4 Å². The number of nitrogens with one attached hydrogen (secondary N) is 1. The predicted molar refractivity (Wildman–Crippen MR) is 109 cm³/mol. The summed E-state index contributed by atoms with van der Waals surface area (Å²) < 4.78 is 10.5. The highest BCUT2D eigenvalue weighted by Crippen LogP contribution is 2.25. The number of carbonyl (C=O) groups excluding carboxylic acids is 3. The lowest BCUT2D eigenvalue weighted by atomic mass is 10.1. The highest BCUT2D eigenvalue weighted by atomic mass is 16.5. The molecule has 0 unspecified atom stereocenters. The molecule has 1 aliphatic heterocycles. The Balaban J connectivity index is 1.50. The molecule has 30 heavy (non-hydrogen) atoms. The van der Waals surface area contributed by atoms with E-state index in [0.717, 1.165) is 16.0 Å². The lowest BCUT2D eigenvalue weighted by Gasteiger charge is -2.11. The minimum Gasteiger partial charge on any atom is -0.465 e. The second kappa shape index (κ2) is 8.08. The summed E-state index contributed by atoms with van der Waals surface area (Å²) in [7, 11) is 1.33. The van der Waals surface area contributed by atoms with E-state index in [1.165, 1.54) is 13.2 Å². The molecule has 0 bridgehead atoms. The first-order chi connectivity index (χ1) is 14.5. The van der Waals surface area contributed by atoms with Crippen molar-refractivity contribution in [2.75, 3.05) is 7.11 Å². The van der Waals surface area contributed by atoms with Crippen molar-refractivity contribution in [1.29, 1.82) is 0 Å². The van der Waals surface area contributed by atoms with E-state index in [-0.39, 0.29) is 12.2 Å². The number of hydrogen-bond acceptors (Lipinski definition) is 5. The summed E-state index contributed by atoms with van der Waals surface area (Å²) >= 11 is 0. The van der Waals surface area contributed by atoms with Crippen molar-refractivity contribution < 1.29 is 23.5 Å². The van der Waals surface area contributed by atoms with Gasteiger partial charge in [0.1, 0.15) is 17.2 Å². The third kappa shape index (κ3) is 3.86. The van der Waals surface area contributed by atoms with E-state index in [0.29, 0.717) is 17.1 Å². The largest absolute Gasteiger partial charge is 0.465 e. The standard InChI is InChI=1S/C23H18N2O5/c1-29-22(27)17-9-7-16(8-10-17)20-12-11-18(30-20)13-19-21(26)25(23(28)24-19)14-15-5-3-2-4-6-15/h2-13H,14H2,1H3,(H,24,28)/b19-13+. The number of carbonyl (C=O) groups is 3. The normalized spacial score (nSPS) is 14.8. The van der Waals surface area contributed by atoms with E-state index < -0.39 is 17.9 Å². The van der Waals surface area contributed by atoms with Crippen molar-refractivity contribution in [2.45, 2.75) is 6.54 Å². The maximum Gasteiger partial charge on any atom is 0.337 e. The van der Waals surface area contributed by atoms with Gasteiger partial charge in [-0.3, -0.25) is 9.69 Å². The number of urea groups is 1. The van der Waals surface area contributed by atoms with Gasteiger partial charge in [-0.05, 0) is 29.8 Å². The molecular formula is C23H18N2O5. The summed E-state index contributed by atoms with van der Waals surface area (Å²) in [6.45, 7) is 0.193. The SMILES string of the molecule is COC(=O)c1ccc(-c2ccc(/C=C3/NC(=O)N(Cc4ccccc4)C3=O)o2)cc1. The van der Waals surface area contributed by atoms with Crippen LogP contribution in [-0.2, 0) is 16.1 Å². The first-order valence-corrected chi connectivity index (χ1v) is 9.22. The highest BCUT2D eigenvalue weighted by Gasteiger charge is 2.33. The number of imide groups is 1. The monoisotopic (exact) mass is 402 g/mol. The molecule has 1 saturated heterocycles. The van der Waals surface area contributed by atoms with Crippen LogP contribution in [0.4, 0.5) is 4.79 Å². The molecule has 4 rings (SSSR count). The molecule has 2 heterocycles.